The van der Waals surface area contributed by atoms with E-state index in [1.165, 1.54) is 0 Å². The monoisotopic (exact) mass is 409 g/mol. The van der Waals surface area contributed by atoms with Gasteiger partial charge < -0.3 is 13.9 Å². The molecule has 0 radical (unpaired) electrons. The van der Waals surface area contributed by atoms with Crippen molar-refractivity contribution in [1.29, 1.82) is 0 Å². The van der Waals surface area contributed by atoms with Gasteiger partial charge in [0.05, 0.1) is 13.4 Å². The fourth-order valence-corrected chi connectivity index (χ4v) is 3.23. The summed E-state index contributed by atoms with van der Waals surface area (Å²) in [6.45, 7) is 9.59. The van der Waals surface area contributed by atoms with E-state index in [1.807, 2.05) is 31.2 Å². The van der Waals surface area contributed by atoms with E-state index in [-0.39, 0.29) is 6.10 Å². The molecule has 1 aliphatic heterocycles. The molecule has 30 heavy (non-hydrogen) atoms. The Kier molecular flexibility index (Phi) is 7.88. The van der Waals surface area contributed by atoms with E-state index in [2.05, 4.69) is 36.5 Å². The number of aliphatic imine (C=N–C) groups is 1. The van der Waals surface area contributed by atoms with Crippen LogP contribution >= 0.6 is 0 Å². The number of methoxy groups -OCH3 is 1. The molecule has 1 saturated heterocycles. The van der Waals surface area contributed by atoms with Crippen molar-refractivity contribution in [3.63, 3.8) is 0 Å². The van der Waals surface area contributed by atoms with Crippen molar-refractivity contribution >= 4 is 17.5 Å². The first-order valence-electron chi connectivity index (χ1n) is 10.3. The second-order valence-electron chi connectivity index (χ2n) is 7.40. The van der Waals surface area contributed by atoms with Gasteiger partial charge in [-0.1, -0.05) is 31.7 Å². The van der Waals surface area contributed by atoms with Gasteiger partial charge in [0, 0.05) is 30.8 Å². The van der Waals surface area contributed by atoms with Gasteiger partial charge in [0.15, 0.2) is 11.5 Å². The predicted molar refractivity (Wildman–Crippen MR) is 121 cm³/mol. The molecule has 2 unspecified atom stereocenters. The van der Waals surface area contributed by atoms with E-state index in [4.69, 9.17) is 18.9 Å². The number of allylic oxidation sites excluding steroid dienone is 5. The van der Waals surface area contributed by atoms with Gasteiger partial charge in [0.2, 0.25) is 0 Å². The van der Waals surface area contributed by atoms with Crippen molar-refractivity contribution in [2.24, 2.45) is 10.9 Å². The molecule has 2 atom stereocenters. The Morgan fingerprint density at radius 3 is 2.90 bits per heavy atom. The fraction of sp³-hybridized carbons (Fsp3) is 0.375. The molecule has 160 valence electrons. The molecule has 1 aromatic rings. The predicted octanol–water partition coefficient (Wildman–Crippen LogP) is 4.62. The second kappa shape index (κ2) is 10.8. The minimum absolute atomic E-state index is 0.0664. The number of nitrogens with one attached hydrogen (secondary N) is 2. The zero-order valence-corrected chi connectivity index (χ0v) is 18.0. The van der Waals surface area contributed by atoms with Crippen LogP contribution in [0.2, 0.25) is 0 Å². The number of hydrazine groups is 1. The molecule has 6 nitrogen and oxygen atoms in total. The van der Waals surface area contributed by atoms with Gasteiger partial charge in [-0.2, -0.15) is 0 Å². The first-order chi connectivity index (χ1) is 14.6. The molecule has 2 heterocycles. The van der Waals surface area contributed by atoms with Gasteiger partial charge in [0.25, 0.3) is 0 Å². The molecular formula is C24H31N3O3. The Labute approximate surface area is 178 Å². The van der Waals surface area contributed by atoms with Crippen LogP contribution in [-0.2, 0) is 9.47 Å². The van der Waals surface area contributed by atoms with Gasteiger partial charge in [-0.25, -0.2) is 0 Å². The van der Waals surface area contributed by atoms with Crippen LogP contribution in [0.25, 0.3) is 11.8 Å². The van der Waals surface area contributed by atoms with E-state index >= 15 is 0 Å². The van der Waals surface area contributed by atoms with Crippen LogP contribution in [0, 0.1) is 5.92 Å². The summed E-state index contributed by atoms with van der Waals surface area (Å²) in [5.74, 6) is 2.51. The van der Waals surface area contributed by atoms with Crippen LogP contribution in [0.4, 0.5) is 0 Å². The first kappa shape index (κ1) is 21.9. The van der Waals surface area contributed by atoms with Crippen LogP contribution in [0.1, 0.15) is 38.0 Å². The lowest BCUT2D eigenvalue weighted by Gasteiger charge is -2.25. The van der Waals surface area contributed by atoms with E-state index in [0.717, 1.165) is 42.2 Å². The largest absolute Gasteiger partial charge is 0.495 e. The van der Waals surface area contributed by atoms with Crippen molar-refractivity contribution in [2.75, 3.05) is 20.2 Å². The molecule has 2 aliphatic rings. The smallest absolute Gasteiger partial charge is 0.175 e. The lowest BCUT2D eigenvalue weighted by Crippen LogP contribution is -2.46. The maximum Gasteiger partial charge on any atom is 0.175 e. The van der Waals surface area contributed by atoms with Crippen molar-refractivity contribution in [2.45, 2.75) is 32.8 Å². The molecule has 0 aromatic carbocycles. The molecule has 6 heteroatoms. The summed E-state index contributed by atoms with van der Waals surface area (Å²) in [5, 5.41) is 0. The van der Waals surface area contributed by atoms with Gasteiger partial charge in [-0.05, 0) is 43.6 Å². The highest BCUT2D eigenvalue weighted by Gasteiger charge is 2.19. The van der Waals surface area contributed by atoms with E-state index < -0.39 is 0 Å². The van der Waals surface area contributed by atoms with Gasteiger partial charge in [0.1, 0.15) is 17.6 Å². The van der Waals surface area contributed by atoms with E-state index in [0.29, 0.717) is 23.9 Å². The quantitative estimate of drug-likeness (QED) is 0.484. The number of rotatable bonds is 8. The van der Waals surface area contributed by atoms with Crippen molar-refractivity contribution in [3.8, 4) is 0 Å². The maximum atomic E-state index is 6.30. The molecule has 0 saturated carbocycles. The first-order valence-corrected chi connectivity index (χ1v) is 10.3. The molecule has 1 aromatic heterocycles. The molecule has 0 spiro atoms. The topological polar surface area (TPSA) is 68.0 Å². The van der Waals surface area contributed by atoms with Crippen LogP contribution in [0.5, 0.6) is 0 Å². The third kappa shape index (κ3) is 5.84. The average molecular weight is 410 g/mol. The van der Waals surface area contributed by atoms with Crippen LogP contribution in [0.15, 0.2) is 70.2 Å². The maximum absolute atomic E-state index is 6.30. The molecule has 3 rings (SSSR count). The molecule has 0 bridgehead atoms. The summed E-state index contributed by atoms with van der Waals surface area (Å²) in [7, 11) is 1.67. The number of furan rings is 1. The van der Waals surface area contributed by atoms with Crippen molar-refractivity contribution in [3.05, 3.63) is 72.1 Å². The zero-order chi connectivity index (χ0) is 21.3. The Morgan fingerprint density at radius 2 is 2.17 bits per heavy atom. The van der Waals surface area contributed by atoms with Crippen molar-refractivity contribution in [1.82, 2.24) is 10.9 Å². The minimum Gasteiger partial charge on any atom is -0.495 e. The molecule has 1 aliphatic carbocycles. The second-order valence-corrected chi connectivity index (χ2v) is 7.40. The standard InChI is InChI=1S/C24H31N3O3/c1-5-19-13-15-29-24(19)23(30-20-12-14-25-26-16-20)11-8-18(3)27-21-9-6-17(2)7-10-22(21)28-4/h5-7,9-11,13,15,17,20,25-26H,1,8,12,14,16H2,2-4H3/b23-11+,27-18?. The fourth-order valence-electron chi connectivity index (χ4n) is 3.23. The number of ether oxygens (including phenoxy) is 2. The summed E-state index contributed by atoms with van der Waals surface area (Å²) in [6.07, 6.45) is 15.3. The third-order valence-electron chi connectivity index (χ3n) is 4.95. The lowest BCUT2D eigenvalue weighted by atomic mass is 10.1. The third-order valence-corrected chi connectivity index (χ3v) is 4.95. The highest BCUT2D eigenvalue weighted by molar-refractivity contribution is 5.86. The number of nitrogens with zero attached hydrogens (tertiary/aromatic N) is 1. The number of hydrogen-bond donors (Lipinski definition) is 2. The Morgan fingerprint density at radius 1 is 1.33 bits per heavy atom. The highest BCUT2D eigenvalue weighted by Crippen LogP contribution is 2.26. The summed E-state index contributed by atoms with van der Waals surface area (Å²) < 4.78 is 17.5. The zero-order valence-electron chi connectivity index (χ0n) is 18.0. The average Bonchev–Trinajstić information content (AvgIpc) is 3.17. The summed E-state index contributed by atoms with van der Waals surface area (Å²) in [6, 6.07) is 1.89. The molecule has 0 amide bonds. The van der Waals surface area contributed by atoms with E-state index in [1.54, 1.807) is 19.4 Å². The van der Waals surface area contributed by atoms with Crippen LogP contribution in [0.3, 0.4) is 0 Å². The Hall–Kier alpha value is -2.83. The van der Waals surface area contributed by atoms with Crippen LogP contribution in [-0.4, -0.2) is 32.0 Å². The SMILES string of the molecule is C=Cc1ccoc1/C(=C\CC(C)=NC1=C(OC)C=CC(C)C=C1)OC1CCNNC1. The van der Waals surface area contributed by atoms with Gasteiger partial charge >= 0.3 is 0 Å². The summed E-state index contributed by atoms with van der Waals surface area (Å²) in [5.41, 5.74) is 8.94. The van der Waals surface area contributed by atoms with Gasteiger partial charge in [-0.15, -0.1) is 0 Å². The number of hydrogen-bond acceptors (Lipinski definition) is 6. The summed E-state index contributed by atoms with van der Waals surface area (Å²) in [4.78, 5) is 4.79. The Balaban J connectivity index is 1.82. The normalized spacial score (nSPS) is 22.8. The van der Waals surface area contributed by atoms with Crippen LogP contribution < -0.4 is 10.9 Å². The lowest BCUT2D eigenvalue weighted by molar-refractivity contribution is 0.124. The summed E-state index contributed by atoms with van der Waals surface area (Å²) >= 11 is 0. The Bertz CT molecular complexity index is 883. The van der Waals surface area contributed by atoms with Crippen molar-refractivity contribution < 1.29 is 13.9 Å². The minimum atomic E-state index is 0.0664. The molecule has 1 fully saturated rings. The highest BCUT2D eigenvalue weighted by atomic mass is 16.5. The molecule has 2 N–H and O–H groups in total. The molecular weight excluding hydrogens is 378 g/mol. The van der Waals surface area contributed by atoms with Gasteiger partial charge in [-0.3, -0.25) is 15.8 Å². The van der Waals surface area contributed by atoms with E-state index in [9.17, 15) is 0 Å².